The molecule has 1 aromatic carbocycles. The van der Waals surface area contributed by atoms with Crippen LogP contribution in [0.3, 0.4) is 0 Å². The maximum atomic E-state index is 12.8. The molecule has 4 rings (SSSR count). The first-order valence-corrected chi connectivity index (χ1v) is 11.4. The molecule has 1 aliphatic carbocycles. The Labute approximate surface area is 188 Å². The van der Waals surface area contributed by atoms with Gasteiger partial charge in [-0.3, -0.25) is 19.0 Å². The third kappa shape index (κ3) is 4.52. The van der Waals surface area contributed by atoms with Crippen LogP contribution in [-0.2, 0) is 25.0 Å². The van der Waals surface area contributed by atoms with Crippen molar-refractivity contribution in [3.8, 4) is 0 Å². The molecule has 1 N–H and O–H groups in total. The van der Waals surface area contributed by atoms with Gasteiger partial charge in [0.2, 0.25) is 5.43 Å². The second kappa shape index (κ2) is 9.10. The number of hydrogen-bond donors (Lipinski definition) is 1. The lowest BCUT2D eigenvalue weighted by atomic mass is 9.78. The lowest BCUT2D eigenvalue weighted by Crippen LogP contribution is -2.35. The number of benzene rings is 1. The number of amides is 1. The zero-order chi connectivity index (χ0) is 22.7. The van der Waals surface area contributed by atoms with Gasteiger partial charge in [-0.25, -0.2) is 0 Å². The lowest BCUT2D eigenvalue weighted by Gasteiger charge is -2.30. The molecule has 2 aromatic heterocycles. The van der Waals surface area contributed by atoms with Crippen LogP contribution in [0.5, 0.6) is 0 Å². The van der Waals surface area contributed by atoms with Gasteiger partial charge in [-0.2, -0.15) is 10.2 Å². The van der Waals surface area contributed by atoms with Gasteiger partial charge in [0.05, 0.1) is 12.7 Å². The molecule has 2 heterocycles. The standard InChI is InChI=1S/C25H31N5O2/c1-4-29-16-20(14-27-29)13-26-24(32)22-23(31)19(3)15-30(28-22)17-25(10-5-6-11-25)21-9-7-8-18(2)12-21/h7-9,12,14-16H,4-6,10-11,13,17H2,1-3H3,(H,26,32). The van der Waals surface area contributed by atoms with Gasteiger partial charge in [-0.1, -0.05) is 42.7 Å². The predicted molar refractivity (Wildman–Crippen MR) is 124 cm³/mol. The van der Waals surface area contributed by atoms with Crippen LogP contribution >= 0.6 is 0 Å². The van der Waals surface area contributed by atoms with E-state index in [1.54, 1.807) is 28.7 Å². The van der Waals surface area contributed by atoms with E-state index in [2.05, 4.69) is 46.7 Å². The Morgan fingerprint density at radius 2 is 1.94 bits per heavy atom. The summed E-state index contributed by atoms with van der Waals surface area (Å²) in [6.45, 7) is 7.59. The molecule has 1 fully saturated rings. The van der Waals surface area contributed by atoms with E-state index in [0.29, 0.717) is 18.7 Å². The molecule has 3 aromatic rings. The molecule has 0 atom stereocenters. The van der Waals surface area contributed by atoms with Crippen LogP contribution in [-0.4, -0.2) is 25.5 Å². The van der Waals surface area contributed by atoms with Crippen molar-refractivity contribution in [1.82, 2.24) is 24.9 Å². The first-order chi connectivity index (χ1) is 15.4. The van der Waals surface area contributed by atoms with Gasteiger partial charge in [-0.05, 0) is 39.2 Å². The van der Waals surface area contributed by atoms with Gasteiger partial charge < -0.3 is 5.32 Å². The van der Waals surface area contributed by atoms with Crippen molar-refractivity contribution >= 4 is 5.91 Å². The molecule has 0 radical (unpaired) electrons. The predicted octanol–water partition coefficient (Wildman–Crippen LogP) is 3.52. The molecular formula is C25H31N5O2. The van der Waals surface area contributed by atoms with Crippen molar-refractivity contribution in [3.05, 3.63) is 81.0 Å². The monoisotopic (exact) mass is 433 g/mol. The summed E-state index contributed by atoms with van der Waals surface area (Å²) >= 11 is 0. The van der Waals surface area contributed by atoms with E-state index in [1.807, 2.05) is 13.1 Å². The number of aromatic nitrogens is 4. The summed E-state index contributed by atoms with van der Waals surface area (Å²) in [4.78, 5) is 25.5. The Morgan fingerprint density at radius 3 is 2.62 bits per heavy atom. The molecule has 1 amide bonds. The van der Waals surface area contributed by atoms with Crippen LogP contribution in [0, 0.1) is 13.8 Å². The third-order valence-electron chi connectivity index (χ3n) is 6.48. The fourth-order valence-electron chi connectivity index (χ4n) is 4.71. The number of aryl methyl sites for hydroxylation is 3. The average molecular weight is 434 g/mol. The molecule has 0 aliphatic heterocycles. The number of hydrogen-bond acceptors (Lipinski definition) is 4. The smallest absolute Gasteiger partial charge is 0.276 e. The highest BCUT2D eigenvalue weighted by molar-refractivity contribution is 5.92. The van der Waals surface area contributed by atoms with Gasteiger partial charge in [0.1, 0.15) is 0 Å². The fraction of sp³-hybridized carbons (Fsp3) is 0.440. The fourth-order valence-corrected chi connectivity index (χ4v) is 4.71. The highest BCUT2D eigenvalue weighted by Crippen LogP contribution is 2.42. The summed E-state index contributed by atoms with van der Waals surface area (Å²) in [6.07, 6.45) is 9.88. The molecule has 1 aliphatic rings. The molecule has 7 nitrogen and oxygen atoms in total. The maximum Gasteiger partial charge on any atom is 0.276 e. The van der Waals surface area contributed by atoms with Gasteiger partial charge in [-0.15, -0.1) is 0 Å². The lowest BCUT2D eigenvalue weighted by molar-refractivity contribution is 0.0941. The second-order valence-electron chi connectivity index (χ2n) is 8.93. The van der Waals surface area contributed by atoms with Gasteiger partial charge in [0, 0.05) is 42.0 Å². The number of rotatable bonds is 7. The molecule has 0 saturated heterocycles. The molecule has 1 saturated carbocycles. The summed E-state index contributed by atoms with van der Waals surface area (Å²) in [5.74, 6) is -0.451. The van der Waals surface area contributed by atoms with Crippen LogP contribution in [0.1, 0.15) is 65.3 Å². The van der Waals surface area contributed by atoms with Crippen LogP contribution in [0.25, 0.3) is 0 Å². The van der Waals surface area contributed by atoms with E-state index >= 15 is 0 Å². The van der Waals surface area contributed by atoms with E-state index in [1.165, 1.54) is 24.0 Å². The molecule has 32 heavy (non-hydrogen) atoms. The Balaban J connectivity index is 1.58. The Morgan fingerprint density at radius 1 is 1.16 bits per heavy atom. The third-order valence-corrected chi connectivity index (χ3v) is 6.48. The van der Waals surface area contributed by atoms with Crippen molar-refractivity contribution in [3.63, 3.8) is 0 Å². The van der Waals surface area contributed by atoms with Gasteiger partial charge in [0.15, 0.2) is 5.69 Å². The topological polar surface area (TPSA) is 81.8 Å². The Kier molecular flexibility index (Phi) is 6.26. The first kappa shape index (κ1) is 22.0. The van der Waals surface area contributed by atoms with E-state index in [-0.39, 0.29) is 16.5 Å². The summed E-state index contributed by atoms with van der Waals surface area (Å²) < 4.78 is 3.60. The quantitative estimate of drug-likeness (QED) is 0.618. The van der Waals surface area contributed by atoms with Crippen molar-refractivity contribution in [1.29, 1.82) is 0 Å². The van der Waals surface area contributed by atoms with E-state index < -0.39 is 5.91 Å². The molecule has 0 bridgehead atoms. The number of carbonyl (C=O) groups excluding carboxylic acids is 1. The minimum absolute atomic E-state index is 0.0248. The zero-order valence-corrected chi connectivity index (χ0v) is 19.1. The van der Waals surface area contributed by atoms with Crippen LogP contribution < -0.4 is 10.7 Å². The van der Waals surface area contributed by atoms with Crippen molar-refractivity contribution in [2.75, 3.05) is 0 Å². The normalized spacial score (nSPS) is 15.1. The van der Waals surface area contributed by atoms with Crippen LogP contribution in [0.2, 0.25) is 0 Å². The SMILES string of the molecule is CCn1cc(CNC(=O)c2nn(CC3(c4cccc(C)c4)CCCC3)cc(C)c2=O)cn1. The molecule has 168 valence electrons. The second-order valence-corrected chi connectivity index (χ2v) is 8.93. The average Bonchev–Trinajstić information content (AvgIpc) is 3.44. The number of carbonyl (C=O) groups is 1. The van der Waals surface area contributed by atoms with Gasteiger partial charge >= 0.3 is 0 Å². The van der Waals surface area contributed by atoms with Crippen molar-refractivity contribution in [2.45, 2.75) is 71.5 Å². The number of nitrogens with one attached hydrogen (secondary N) is 1. The summed E-state index contributed by atoms with van der Waals surface area (Å²) in [5, 5.41) is 11.5. The Bertz CT molecular complexity index is 1170. The largest absolute Gasteiger partial charge is 0.346 e. The maximum absolute atomic E-state index is 12.8. The van der Waals surface area contributed by atoms with Crippen molar-refractivity contribution in [2.24, 2.45) is 0 Å². The van der Waals surface area contributed by atoms with Crippen LogP contribution in [0.4, 0.5) is 0 Å². The summed E-state index contributed by atoms with van der Waals surface area (Å²) in [6, 6.07) is 8.66. The van der Waals surface area contributed by atoms with E-state index in [0.717, 1.165) is 24.9 Å². The number of nitrogens with zero attached hydrogens (tertiary/aromatic N) is 4. The molecule has 7 heteroatoms. The van der Waals surface area contributed by atoms with Crippen LogP contribution in [0.15, 0.2) is 47.7 Å². The molecule has 0 spiro atoms. The minimum atomic E-state index is -0.451. The van der Waals surface area contributed by atoms with E-state index in [4.69, 9.17) is 0 Å². The molecular weight excluding hydrogens is 402 g/mol. The zero-order valence-electron chi connectivity index (χ0n) is 19.1. The van der Waals surface area contributed by atoms with Gasteiger partial charge in [0.25, 0.3) is 5.91 Å². The van der Waals surface area contributed by atoms with E-state index in [9.17, 15) is 9.59 Å². The molecule has 0 unspecified atom stereocenters. The van der Waals surface area contributed by atoms with Crippen molar-refractivity contribution < 1.29 is 4.79 Å². The summed E-state index contributed by atoms with van der Waals surface area (Å²) in [5.41, 5.74) is 3.57. The Hall–Kier alpha value is -3.22. The first-order valence-electron chi connectivity index (χ1n) is 11.4. The highest BCUT2D eigenvalue weighted by Gasteiger charge is 2.36. The minimum Gasteiger partial charge on any atom is -0.346 e. The highest BCUT2D eigenvalue weighted by atomic mass is 16.2. The summed E-state index contributed by atoms with van der Waals surface area (Å²) in [7, 11) is 0.